The number of nitrogens with one attached hydrogen (secondary N) is 1. The maximum Gasteiger partial charge on any atom is 0.230 e. The Bertz CT molecular complexity index is 789. The number of hydrogen-bond acceptors (Lipinski definition) is 7. The monoisotopic (exact) mass is 417 g/mol. The van der Waals surface area contributed by atoms with Gasteiger partial charge in [-0.1, -0.05) is 30.0 Å². The van der Waals surface area contributed by atoms with E-state index in [4.69, 9.17) is 9.47 Å². The molecule has 0 radical (unpaired) electrons. The molecule has 2 aromatic rings. The van der Waals surface area contributed by atoms with Crippen LogP contribution in [0.15, 0.2) is 35.5 Å². The first-order valence-corrected chi connectivity index (χ1v) is 11.1. The molecular weight excluding hydrogens is 390 g/mol. The van der Waals surface area contributed by atoms with E-state index in [0.717, 1.165) is 62.4 Å². The van der Waals surface area contributed by atoms with Gasteiger partial charge in [-0.05, 0) is 25.0 Å². The number of nitrogens with zero attached hydrogens (tertiary/aromatic N) is 4. The molecule has 1 aromatic heterocycles. The molecule has 1 atom stereocenters. The minimum Gasteiger partial charge on any atom is -0.379 e. The third-order valence-electron chi connectivity index (χ3n) is 5.07. The second-order valence-electron chi connectivity index (χ2n) is 7.19. The second kappa shape index (κ2) is 10.2. The Morgan fingerprint density at radius 1 is 1.17 bits per heavy atom. The molecule has 0 aliphatic carbocycles. The molecule has 1 amide bonds. The SMILES string of the molecule is O=C(CSc1nnc(CN2CCOCC2)n1-c1ccccc1)NCC1CCCO1. The fourth-order valence-electron chi connectivity index (χ4n) is 3.51. The summed E-state index contributed by atoms with van der Waals surface area (Å²) in [6.07, 6.45) is 2.24. The predicted octanol–water partition coefficient (Wildman–Crippen LogP) is 1.49. The van der Waals surface area contributed by atoms with E-state index in [2.05, 4.69) is 20.4 Å². The van der Waals surface area contributed by atoms with Gasteiger partial charge in [-0.3, -0.25) is 14.3 Å². The number of hydrogen-bond donors (Lipinski definition) is 1. The number of carbonyl (C=O) groups excluding carboxylic acids is 1. The van der Waals surface area contributed by atoms with Gasteiger partial charge in [0.15, 0.2) is 11.0 Å². The standard InChI is InChI=1S/C20H27N5O3S/c26-19(21-13-17-7-4-10-28-17)15-29-20-23-22-18(14-24-8-11-27-12-9-24)25(20)16-5-2-1-3-6-16/h1-3,5-6,17H,4,7-15H2,(H,21,26). The lowest BCUT2D eigenvalue weighted by atomic mass is 10.2. The minimum absolute atomic E-state index is 0.0113. The summed E-state index contributed by atoms with van der Waals surface area (Å²) < 4.78 is 13.0. The van der Waals surface area contributed by atoms with Gasteiger partial charge in [-0.15, -0.1) is 10.2 Å². The smallest absolute Gasteiger partial charge is 0.230 e. The van der Waals surface area contributed by atoms with Gasteiger partial charge < -0.3 is 14.8 Å². The van der Waals surface area contributed by atoms with Crippen molar-refractivity contribution >= 4 is 17.7 Å². The lowest BCUT2D eigenvalue weighted by Gasteiger charge is -2.26. The Hall–Kier alpha value is -1.94. The fraction of sp³-hybridized carbons (Fsp3) is 0.550. The highest BCUT2D eigenvalue weighted by Gasteiger charge is 2.20. The Morgan fingerprint density at radius 2 is 2.00 bits per heavy atom. The van der Waals surface area contributed by atoms with Gasteiger partial charge in [0, 0.05) is 31.9 Å². The molecule has 1 aromatic carbocycles. The van der Waals surface area contributed by atoms with E-state index < -0.39 is 0 Å². The van der Waals surface area contributed by atoms with Gasteiger partial charge in [0.2, 0.25) is 5.91 Å². The van der Waals surface area contributed by atoms with E-state index in [1.807, 2.05) is 34.9 Å². The number of rotatable bonds is 8. The van der Waals surface area contributed by atoms with Gasteiger partial charge in [0.25, 0.3) is 0 Å². The zero-order chi connectivity index (χ0) is 19.9. The quantitative estimate of drug-likeness (QED) is 0.652. The van der Waals surface area contributed by atoms with Crippen molar-refractivity contribution in [3.8, 4) is 5.69 Å². The van der Waals surface area contributed by atoms with Crippen molar-refractivity contribution in [3.63, 3.8) is 0 Å². The molecule has 0 saturated carbocycles. The van der Waals surface area contributed by atoms with Crippen LogP contribution in [0.4, 0.5) is 0 Å². The molecule has 2 saturated heterocycles. The number of para-hydroxylation sites is 1. The number of ether oxygens (including phenoxy) is 2. The van der Waals surface area contributed by atoms with Crippen LogP contribution in [0.5, 0.6) is 0 Å². The molecule has 9 heteroatoms. The Morgan fingerprint density at radius 3 is 2.76 bits per heavy atom. The highest BCUT2D eigenvalue weighted by Crippen LogP contribution is 2.23. The first-order valence-electron chi connectivity index (χ1n) is 10.1. The molecule has 29 heavy (non-hydrogen) atoms. The normalized spacial score (nSPS) is 20.1. The lowest BCUT2D eigenvalue weighted by Crippen LogP contribution is -2.36. The Balaban J connectivity index is 1.42. The Kier molecular flexibility index (Phi) is 7.15. The molecular formula is C20H27N5O3S. The first-order chi connectivity index (χ1) is 14.3. The number of amides is 1. The summed E-state index contributed by atoms with van der Waals surface area (Å²) in [5, 5.41) is 12.5. The molecule has 8 nitrogen and oxygen atoms in total. The second-order valence-corrected chi connectivity index (χ2v) is 8.13. The molecule has 0 bridgehead atoms. The van der Waals surface area contributed by atoms with E-state index in [-0.39, 0.29) is 12.0 Å². The third-order valence-corrected chi connectivity index (χ3v) is 6.00. The Labute approximate surface area is 175 Å². The number of morpholine rings is 1. The van der Waals surface area contributed by atoms with Crippen LogP contribution >= 0.6 is 11.8 Å². The van der Waals surface area contributed by atoms with Crippen LogP contribution in [0, 0.1) is 0 Å². The maximum absolute atomic E-state index is 12.3. The largest absolute Gasteiger partial charge is 0.379 e. The van der Waals surface area contributed by atoms with Gasteiger partial charge >= 0.3 is 0 Å². The van der Waals surface area contributed by atoms with Crippen LogP contribution < -0.4 is 5.32 Å². The summed E-state index contributed by atoms with van der Waals surface area (Å²) in [6, 6.07) is 10.1. The maximum atomic E-state index is 12.3. The summed E-state index contributed by atoms with van der Waals surface area (Å²) >= 11 is 1.41. The zero-order valence-corrected chi connectivity index (χ0v) is 17.3. The molecule has 2 aliphatic rings. The molecule has 1 N–H and O–H groups in total. The van der Waals surface area contributed by atoms with E-state index >= 15 is 0 Å². The van der Waals surface area contributed by atoms with Crippen molar-refractivity contribution in [3.05, 3.63) is 36.2 Å². The molecule has 2 aliphatic heterocycles. The van der Waals surface area contributed by atoms with E-state index in [1.54, 1.807) is 0 Å². The van der Waals surface area contributed by atoms with Crippen LogP contribution in [-0.2, 0) is 20.8 Å². The summed E-state index contributed by atoms with van der Waals surface area (Å²) in [7, 11) is 0. The van der Waals surface area contributed by atoms with Crippen molar-refractivity contribution in [2.45, 2.75) is 30.6 Å². The van der Waals surface area contributed by atoms with Gasteiger partial charge in [-0.25, -0.2) is 0 Å². The van der Waals surface area contributed by atoms with Crippen molar-refractivity contribution in [1.82, 2.24) is 25.0 Å². The highest BCUT2D eigenvalue weighted by atomic mass is 32.2. The van der Waals surface area contributed by atoms with E-state index in [0.29, 0.717) is 18.8 Å². The molecule has 2 fully saturated rings. The van der Waals surface area contributed by atoms with Crippen molar-refractivity contribution in [1.29, 1.82) is 0 Å². The van der Waals surface area contributed by atoms with E-state index in [9.17, 15) is 4.79 Å². The predicted molar refractivity (Wildman–Crippen MR) is 110 cm³/mol. The summed E-state index contributed by atoms with van der Waals surface area (Å²) in [5.41, 5.74) is 1.00. The average Bonchev–Trinajstić information content (AvgIpc) is 3.42. The first kappa shape index (κ1) is 20.3. The molecule has 4 rings (SSSR count). The third kappa shape index (κ3) is 5.57. The summed E-state index contributed by atoms with van der Waals surface area (Å²) in [4.78, 5) is 14.6. The van der Waals surface area contributed by atoms with Crippen molar-refractivity contribution < 1.29 is 14.3 Å². The molecule has 3 heterocycles. The van der Waals surface area contributed by atoms with Crippen molar-refractivity contribution in [2.75, 3.05) is 45.2 Å². The minimum atomic E-state index is -0.0113. The topological polar surface area (TPSA) is 81.5 Å². The number of carbonyl (C=O) groups is 1. The molecule has 156 valence electrons. The zero-order valence-electron chi connectivity index (χ0n) is 16.5. The number of aromatic nitrogens is 3. The average molecular weight is 418 g/mol. The van der Waals surface area contributed by atoms with Gasteiger partial charge in [-0.2, -0.15) is 0 Å². The van der Waals surface area contributed by atoms with E-state index in [1.165, 1.54) is 11.8 Å². The highest BCUT2D eigenvalue weighted by molar-refractivity contribution is 7.99. The van der Waals surface area contributed by atoms with Crippen LogP contribution in [0.25, 0.3) is 5.69 Å². The summed E-state index contributed by atoms with van der Waals surface area (Å²) in [5.74, 6) is 1.16. The number of thioether (sulfide) groups is 1. The fourth-order valence-corrected chi connectivity index (χ4v) is 4.31. The van der Waals surface area contributed by atoms with Gasteiger partial charge in [0.05, 0.1) is 31.6 Å². The van der Waals surface area contributed by atoms with Crippen LogP contribution in [-0.4, -0.2) is 76.9 Å². The van der Waals surface area contributed by atoms with Crippen LogP contribution in [0.3, 0.4) is 0 Å². The summed E-state index contributed by atoms with van der Waals surface area (Å²) in [6.45, 7) is 5.33. The molecule has 1 unspecified atom stereocenters. The van der Waals surface area contributed by atoms with Crippen molar-refractivity contribution in [2.24, 2.45) is 0 Å². The molecule has 0 spiro atoms. The van der Waals surface area contributed by atoms with Crippen LogP contribution in [0.1, 0.15) is 18.7 Å². The lowest BCUT2D eigenvalue weighted by molar-refractivity contribution is -0.119. The number of benzene rings is 1. The van der Waals surface area contributed by atoms with Crippen LogP contribution in [0.2, 0.25) is 0 Å². The van der Waals surface area contributed by atoms with Gasteiger partial charge in [0.1, 0.15) is 0 Å².